The van der Waals surface area contributed by atoms with Crippen LogP contribution in [-0.4, -0.2) is 30.8 Å². The summed E-state index contributed by atoms with van der Waals surface area (Å²) in [5, 5.41) is 7.74. The first-order valence-electron chi connectivity index (χ1n) is 7.08. The highest BCUT2D eigenvalue weighted by Gasteiger charge is 2.22. The number of hydrogen-bond donors (Lipinski definition) is 2. The monoisotopic (exact) mass is 382 g/mol. The number of carbonyl (C=O) groups is 1. The van der Waals surface area contributed by atoms with Crippen LogP contribution in [0.25, 0.3) is 0 Å². The lowest BCUT2D eigenvalue weighted by Crippen LogP contribution is -2.48. The molecule has 1 aromatic carbocycles. The molecule has 0 saturated carbocycles. The Balaban J connectivity index is 0.00000242. The Hall–Kier alpha value is -0.130. The van der Waals surface area contributed by atoms with Crippen LogP contribution in [0, 0.1) is 5.92 Å². The van der Waals surface area contributed by atoms with E-state index in [9.17, 15) is 4.79 Å². The maximum atomic E-state index is 12.0. The van der Waals surface area contributed by atoms with E-state index in [-0.39, 0.29) is 18.3 Å². The van der Waals surface area contributed by atoms with E-state index < -0.39 is 0 Å². The predicted molar refractivity (Wildman–Crippen MR) is 98.5 cm³/mol. The number of thioether (sulfide) groups is 1. The summed E-state index contributed by atoms with van der Waals surface area (Å²) in [5.74, 6) is 1.75. The Labute approximate surface area is 152 Å². The Morgan fingerprint density at radius 1 is 1.45 bits per heavy atom. The number of rotatable bonds is 5. The van der Waals surface area contributed by atoms with Gasteiger partial charge in [0.05, 0.1) is 5.75 Å². The molecule has 1 fully saturated rings. The molecule has 0 bridgehead atoms. The van der Waals surface area contributed by atoms with Crippen LogP contribution >= 0.6 is 47.4 Å². The van der Waals surface area contributed by atoms with Gasteiger partial charge in [-0.25, -0.2) is 0 Å². The van der Waals surface area contributed by atoms with Gasteiger partial charge in [-0.05, 0) is 43.1 Å². The molecule has 2 rings (SSSR count). The Bertz CT molecular complexity index is 502. The summed E-state index contributed by atoms with van der Waals surface area (Å²) >= 11 is 13.5. The summed E-state index contributed by atoms with van der Waals surface area (Å²) in [6, 6.07) is 5.75. The smallest absolute Gasteiger partial charge is 0.230 e. The van der Waals surface area contributed by atoms with Crippen LogP contribution in [0.1, 0.15) is 18.9 Å². The third-order valence-corrected chi connectivity index (χ3v) is 5.21. The van der Waals surface area contributed by atoms with Crippen LogP contribution < -0.4 is 10.6 Å². The largest absolute Gasteiger partial charge is 0.352 e. The summed E-state index contributed by atoms with van der Waals surface area (Å²) in [5.41, 5.74) is 1.01. The summed E-state index contributed by atoms with van der Waals surface area (Å²) in [6.07, 6.45) is 1.00. The van der Waals surface area contributed by atoms with Crippen molar-refractivity contribution in [1.29, 1.82) is 0 Å². The first kappa shape index (κ1) is 19.9. The van der Waals surface area contributed by atoms with Crippen LogP contribution in [-0.2, 0) is 10.5 Å². The molecule has 2 atom stereocenters. The van der Waals surface area contributed by atoms with E-state index in [1.54, 1.807) is 17.8 Å². The van der Waals surface area contributed by atoms with Gasteiger partial charge < -0.3 is 10.6 Å². The molecule has 1 aromatic rings. The fourth-order valence-corrected chi connectivity index (χ4v) is 3.77. The SMILES string of the molecule is CC1CNCCC1NC(=O)CSCc1ccc(Cl)cc1Cl.Cl. The average Bonchev–Trinajstić information content (AvgIpc) is 2.44. The van der Waals surface area contributed by atoms with Gasteiger partial charge >= 0.3 is 0 Å². The van der Waals surface area contributed by atoms with E-state index in [2.05, 4.69) is 17.6 Å². The van der Waals surface area contributed by atoms with E-state index in [1.165, 1.54) is 0 Å². The zero-order valence-corrected chi connectivity index (χ0v) is 15.5. The molecule has 2 N–H and O–H groups in total. The summed E-state index contributed by atoms with van der Waals surface area (Å²) in [6.45, 7) is 4.11. The Kier molecular flexibility index (Phi) is 8.95. The van der Waals surface area contributed by atoms with E-state index in [4.69, 9.17) is 23.2 Å². The van der Waals surface area contributed by atoms with Gasteiger partial charge in [-0.3, -0.25) is 4.79 Å². The van der Waals surface area contributed by atoms with Gasteiger partial charge in [-0.1, -0.05) is 36.2 Å². The van der Waals surface area contributed by atoms with Gasteiger partial charge in [0.15, 0.2) is 0 Å². The van der Waals surface area contributed by atoms with Crippen molar-refractivity contribution in [3.63, 3.8) is 0 Å². The molecule has 3 nitrogen and oxygen atoms in total. The maximum absolute atomic E-state index is 12.0. The first-order valence-corrected chi connectivity index (χ1v) is 8.99. The maximum Gasteiger partial charge on any atom is 0.230 e. The summed E-state index contributed by atoms with van der Waals surface area (Å²) < 4.78 is 0. The molecule has 1 aliphatic heterocycles. The van der Waals surface area contributed by atoms with E-state index in [1.807, 2.05) is 12.1 Å². The van der Waals surface area contributed by atoms with E-state index in [0.29, 0.717) is 33.5 Å². The topological polar surface area (TPSA) is 41.1 Å². The summed E-state index contributed by atoms with van der Waals surface area (Å²) in [4.78, 5) is 12.0. The van der Waals surface area contributed by atoms with Crippen molar-refractivity contribution >= 4 is 53.3 Å². The van der Waals surface area contributed by atoms with Crippen molar-refractivity contribution in [3.8, 4) is 0 Å². The number of carbonyl (C=O) groups excluding carboxylic acids is 1. The van der Waals surface area contributed by atoms with Crippen molar-refractivity contribution in [1.82, 2.24) is 10.6 Å². The van der Waals surface area contributed by atoms with Crippen LogP contribution in [0.3, 0.4) is 0 Å². The molecule has 124 valence electrons. The molecule has 0 spiro atoms. The van der Waals surface area contributed by atoms with Crippen LogP contribution in [0.5, 0.6) is 0 Å². The first-order chi connectivity index (χ1) is 10.1. The van der Waals surface area contributed by atoms with Crippen molar-refractivity contribution in [2.75, 3.05) is 18.8 Å². The van der Waals surface area contributed by atoms with Gasteiger partial charge in [0.25, 0.3) is 0 Å². The number of benzene rings is 1. The standard InChI is InChI=1S/C15H20Cl2N2OS.ClH/c1-10-7-18-5-4-14(10)19-15(20)9-21-8-11-2-3-12(16)6-13(11)17;/h2-3,6,10,14,18H,4-5,7-9H2,1H3,(H,19,20);1H. The van der Waals surface area contributed by atoms with E-state index >= 15 is 0 Å². The minimum Gasteiger partial charge on any atom is -0.352 e. The molecule has 0 radical (unpaired) electrons. The second-order valence-corrected chi connectivity index (χ2v) is 7.20. The zero-order chi connectivity index (χ0) is 15.2. The van der Waals surface area contributed by atoms with Gasteiger partial charge in [0.1, 0.15) is 0 Å². The van der Waals surface area contributed by atoms with Gasteiger partial charge in [-0.2, -0.15) is 0 Å². The summed E-state index contributed by atoms with van der Waals surface area (Å²) in [7, 11) is 0. The molecular weight excluding hydrogens is 363 g/mol. The predicted octanol–water partition coefficient (Wildman–Crippen LogP) is 3.76. The lowest BCUT2D eigenvalue weighted by molar-refractivity contribution is -0.119. The van der Waals surface area contributed by atoms with Gasteiger partial charge in [0.2, 0.25) is 5.91 Å². The Morgan fingerprint density at radius 2 is 2.23 bits per heavy atom. The highest BCUT2D eigenvalue weighted by atomic mass is 35.5. The third-order valence-electron chi connectivity index (χ3n) is 3.64. The lowest BCUT2D eigenvalue weighted by atomic mass is 9.95. The zero-order valence-electron chi connectivity index (χ0n) is 12.4. The molecule has 1 aliphatic rings. The molecule has 22 heavy (non-hydrogen) atoms. The second kappa shape index (κ2) is 9.89. The number of amides is 1. The van der Waals surface area contributed by atoms with Crippen LogP contribution in [0.4, 0.5) is 0 Å². The Morgan fingerprint density at radius 3 is 2.91 bits per heavy atom. The molecule has 2 unspecified atom stereocenters. The molecule has 0 aromatic heterocycles. The minimum absolute atomic E-state index is 0. The van der Waals surface area contributed by atoms with E-state index in [0.717, 1.165) is 25.1 Å². The number of hydrogen-bond acceptors (Lipinski definition) is 3. The number of halogens is 3. The fourth-order valence-electron chi connectivity index (χ4n) is 2.37. The fraction of sp³-hybridized carbons (Fsp3) is 0.533. The molecule has 1 heterocycles. The van der Waals surface area contributed by atoms with Crippen molar-refractivity contribution in [2.24, 2.45) is 5.92 Å². The molecular formula is C15H21Cl3N2OS. The van der Waals surface area contributed by atoms with Crippen LogP contribution in [0.2, 0.25) is 10.0 Å². The average molecular weight is 384 g/mol. The van der Waals surface area contributed by atoms with Crippen LogP contribution in [0.15, 0.2) is 18.2 Å². The quantitative estimate of drug-likeness (QED) is 0.813. The lowest BCUT2D eigenvalue weighted by Gasteiger charge is -2.30. The normalized spacial score (nSPS) is 21.0. The highest BCUT2D eigenvalue weighted by molar-refractivity contribution is 7.99. The number of piperidine rings is 1. The van der Waals surface area contributed by atoms with Gasteiger partial charge in [0, 0.05) is 21.8 Å². The van der Waals surface area contributed by atoms with Gasteiger partial charge in [-0.15, -0.1) is 24.2 Å². The minimum atomic E-state index is 0. The third kappa shape index (κ3) is 6.17. The van der Waals surface area contributed by atoms with Crippen molar-refractivity contribution in [2.45, 2.75) is 25.1 Å². The number of nitrogens with one attached hydrogen (secondary N) is 2. The molecule has 7 heteroatoms. The molecule has 0 aliphatic carbocycles. The van der Waals surface area contributed by atoms with Crippen molar-refractivity contribution in [3.05, 3.63) is 33.8 Å². The van der Waals surface area contributed by atoms with Crippen molar-refractivity contribution < 1.29 is 4.79 Å². The molecule has 1 amide bonds. The highest BCUT2D eigenvalue weighted by Crippen LogP contribution is 2.24. The molecule has 1 saturated heterocycles. The second-order valence-electron chi connectivity index (χ2n) is 5.37.